The third-order valence-electron chi connectivity index (χ3n) is 13.2. The second-order valence-corrected chi connectivity index (χ2v) is 15.2. The number of carbonyl (C=O) groups excluding carboxylic acids is 1. The number of Topliss-reactive ketones (excluding diaryl/α,β-unsaturated/α-hetero) is 1. The zero-order chi connectivity index (χ0) is 26.0. The van der Waals surface area contributed by atoms with E-state index in [9.17, 15) is 20.1 Å². The van der Waals surface area contributed by atoms with Crippen molar-refractivity contribution in [1.82, 2.24) is 0 Å². The van der Waals surface area contributed by atoms with E-state index >= 15 is 0 Å². The molecule has 1 aliphatic heterocycles. The number of ether oxygens (including phenoxy) is 1. The summed E-state index contributed by atoms with van der Waals surface area (Å²) in [5.41, 5.74) is -1.55. The smallest absolute Gasteiger partial charge is 0.138 e. The fourth-order valence-electron chi connectivity index (χ4n) is 10.9. The predicted molar refractivity (Wildman–Crippen MR) is 136 cm³/mol. The standard InChI is InChI=1S/C30H50O5/c1-18(17-19(31)23(33)25(4,5)34)29-16-15-28(8)27(7)13-9-20-24(2,3)22(32)11-12-26(20,6)21(27)10-14-30(28,29)35-29/h18-21,23,31,33-34H,9-17H2,1-8H3/t18-,19+,20?,21?,23-,26+,27+,28-,29-,30-/m1/s1. The molecule has 200 valence electrons. The largest absolute Gasteiger partial charge is 0.390 e. The third kappa shape index (κ3) is 2.99. The Labute approximate surface area is 212 Å². The van der Waals surface area contributed by atoms with E-state index in [4.69, 9.17) is 4.74 Å². The average Bonchev–Trinajstić information content (AvgIpc) is 3.34. The molecular formula is C30H50O5. The molecule has 4 saturated carbocycles. The molecule has 35 heavy (non-hydrogen) atoms. The summed E-state index contributed by atoms with van der Waals surface area (Å²) in [4.78, 5) is 12.9. The molecule has 5 rings (SSSR count). The number of carbonyl (C=O) groups is 1. The molecular weight excluding hydrogens is 440 g/mol. The van der Waals surface area contributed by atoms with E-state index in [0.29, 0.717) is 30.5 Å². The summed E-state index contributed by atoms with van der Waals surface area (Å²) in [7, 11) is 0. The highest BCUT2D eigenvalue weighted by Gasteiger charge is 2.87. The SMILES string of the molecule is C[C@H](C[C@H](O)[C@@H](O)C(C)(C)O)[C@]12CC[C@@]3(C)[C@@]1(CCC1[C@@]4(C)CCC(=O)C(C)(C)C4CC[C@@]13C)O2. The predicted octanol–water partition coefficient (Wildman–Crippen LogP) is 5.03. The molecule has 5 aliphatic rings. The van der Waals surface area contributed by atoms with Gasteiger partial charge in [-0.2, -0.15) is 0 Å². The van der Waals surface area contributed by atoms with E-state index in [1.165, 1.54) is 0 Å². The van der Waals surface area contributed by atoms with Crippen LogP contribution in [0.25, 0.3) is 0 Å². The average molecular weight is 491 g/mol. The summed E-state index contributed by atoms with van der Waals surface area (Å²) >= 11 is 0. The van der Waals surface area contributed by atoms with Gasteiger partial charge in [-0.25, -0.2) is 0 Å². The highest BCUT2D eigenvalue weighted by atomic mass is 16.6. The number of aliphatic hydroxyl groups excluding tert-OH is 2. The van der Waals surface area contributed by atoms with Crippen molar-refractivity contribution >= 4 is 5.78 Å². The number of hydrogen-bond donors (Lipinski definition) is 3. The lowest BCUT2D eigenvalue weighted by Gasteiger charge is -2.68. The van der Waals surface area contributed by atoms with Crippen molar-refractivity contribution < 1.29 is 24.9 Å². The first kappa shape index (κ1) is 26.1. The van der Waals surface area contributed by atoms with Crippen molar-refractivity contribution in [3.8, 4) is 0 Å². The van der Waals surface area contributed by atoms with Gasteiger partial charge in [0.05, 0.1) is 11.7 Å². The molecule has 0 aromatic rings. The molecule has 1 saturated heterocycles. The van der Waals surface area contributed by atoms with Gasteiger partial charge in [-0.05, 0) is 93.8 Å². The molecule has 1 heterocycles. The molecule has 4 aliphatic carbocycles. The first-order valence-corrected chi connectivity index (χ1v) is 14.2. The monoisotopic (exact) mass is 490 g/mol. The van der Waals surface area contributed by atoms with Crippen LogP contribution in [-0.2, 0) is 9.53 Å². The van der Waals surface area contributed by atoms with Crippen LogP contribution in [0.3, 0.4) is 0 Å². The Morgan fingerprint density at radius 3 is 2.23 bits per heavy atom. The van der Waals surface area contributed by atoms with Crippen LogP contribution < -0.4 is 0 Å². The van der Waals surface area contributed by atoms with Crippen molar-refractivity contribution in [3.05, 3.63) is 0 Å². The van der Waals surface area contributed by atoms with E-state index in [-0.39, 0.29) is 38.8 Å². The number of aliphatic hydroxyl groups is 3. The lowest BCUT2D eigenvalue weighted by molar-refractivity contribution is -0.208. The minimum atomic E-state index is -1.34. The van der Waals surface area contributed by atoms with Crippen molar-refractivity contribution in [2.75, 3.05) is 0 Å². The Morgan fingerprint density at radius 1 is 0.971 bits per heavy atom. The first-order chi connectivity index (χ1) is 15.9. The number of fused-ring (bicyclic) bond motifs is 4. The van der Waals surface area contributed by atoms with E-state index < -0.39 is 17.8 Å². The zero-order valence-electron chi connectivity index (χ0n) is 23.4. The van der Waals surface area contributed by atoms with Crippen LogP contribution in [-0.4, -0.2) is 50.1 Å². The minimum absolute atomic E-state index is 0.0660. The number of epoxide rings is 1. The third-order valence-corrected chi connectivity index (χ3v) is 13.2. The van der Waals surface area contributed by atoms with Crippen LogP contribution in [0.15, 0.2) is 0 Å². The molecule has 0 radical (unpaired) electrons. The fraction of sp³-hybridized carbons (Fsp3) is 0.967. The number of ketones is 1. The van der Waals surface area contributed by atoms with E-state index in [1.54, 1.807) is 13.8 Å². The fourth-order valence-corrected chi connectivity index (χ4v) is 10.9. The van der Waals surface area contributed by atoms with Gasteiger partial charge in [0.1, 0.15) is 23.1 Å². The van der Waals surface area contributed by atoms with Crippen molar-refractivity contribution in [3.63, 3.8) is 0 Å². The Morgan fingerprint density at radius 2 is 1.60 bits per heavy atom. The number of hydrogen-bond acceptors (Lipinski definition) is 5. The zero-order valence-corrected chi connectivity index (χ0v) is 23.4. The summed E-state index contributed by atoms with van der Waals surface area (Å²) < 4.78 is 6.89. The molecule has 0 aromatic heterocycles. The Balaban J connectivity index is 1.43. The molecule has 0 amide bonds. The molecule has 2 unspecified atom stereocenters. The highest BCUT2D eigenvalue weighted by Crippen LogP contribution is 2.84. The molecule has 5 fully saturated rings. The van der Waals surface area contributed by atoms with Gasteiger partial charge < -0.3 is 20.1 Å². The summed E-state index contributed by atoms with van der Waals surface area (Å²) in [5, 5.41) is 31.4. The normalized spacial score (nSPS) is 50.9. The maximum absolute atomic E-state index is 12.9. The lowest BCUT2D eigenvalue weighted by Crippen LogP contribution is -2.65. The van der Waals surface area contributed by atoms with Gasteiger partial charge in [0.15, 0.2) is 0 Å². The summed E-state index contributed by atoms with van der Waals surface area (Å²) in [6.07, 6.45) is 6.62. The molecule has 3 N–H and O–H groups in total. The summed E-state index contributed by atoms with van der Waals surface area (Å²) in [6, 6.07) is 0. The maximum atomic E-state index is 12.9. The van der Waals surface area contributed by atoms with E-state index in [2.05, 4.69) is 41.5 Å². The topological polar surface area (TPSA) is 90.3 Å². The first-order valence-electron chi connectivity index (χ1n) is 14.2. The quantitative estimate of drug-likeness (QED) is 0.470. The van der Waals surface area contributed by atoms with Gasteiger partial charge in [-0.15, -0.1) is 0 Å². The molecule has 10 atom stereocenters. The second kappa shape index (κ2) is 7.33. The lowest BCUT2D eigenvalue weighted by atomic mass is 9.35. The van der Waals surface area contributed by atoms with Crippen molar-refractivity contribution in [1.29, 1.82) is 0 Å². The van der Waals surface area contributed by atoms with Gasteiger partial charge in [-0.1, -0.05) is 41.5 Å². The van der Waals surface area contributed by atoms with Crippen LogP contribution in [0, 0.1) is 39.4 Å². The Bertz CT molecular complexity index is 907. The van der Waals surface area contributed by atoms with Crippen LogP contribution in [0.1, 0.15) is 113 Å². The molecule has 0 aromatic carbocycles. The summed E-state index contributed by atoms with van der Waals surface area (Å²) in [5.74, 6) is 1.60. The molecule has 5 nitrogen and oxygen atoms in total. The van der Waals surface area contributed by atoms with Crippen LogP contribution in [0.4, 0.5) is 0 Å². The maximum Gasteiger partial charge on any atom is 0.138 e. The second-order valence-electron chi connectivity index (χ2n) is 15.2. The van der Waals surface area contributed by atoms with Crippen LogP contribution in [0.2, 0.25) is 0 Å². The highest BCUT2D eigenvalue weighted by molar-refractivity contribution is 5.85. The van der Waals surface area contributed by atoms with Crippen LogP contribution in [0.5, 0.6) is 0 Å². The van der Waals surface area contributed by atoms with Gasteiger partial charge in [-0.3, -0.25) is 4.79 Å². The van der Waals surface area contributed by atoms with Gasteiger partial charge >= 0.3 is 0 Å². The Hall–Kier alpha value is -0.490. The van der Waals surface area contributed by atoms with E-state index in [1.807, 2.05) is 0 Å². The van der Waals surface area contributed by atoms with Crippen molar-refractivity contribution in [2.24, 2.45) is 39.4 Å². The van der Waals surface area contributed by atoms with Crippen molar-refractivity contribution in [2.45, 2.75) is 142 Å². The van der Waals surface area contributed by atoms with Gasteiger partial charge in [0, 0.05) is 17.3 Å². The number of rotatable bonds is 5. The summed E-state index contributed by atoms with van der Waals surface area (Å²) in [6.45, 7) is 17.2. The molecule has 0 bridgehead atoms. The van der Waals surface area contributed by atoms with Crippen LogP contribution >= 0.6 is 0 Å². The van der Waals surface area contributed by atoms with Gasteiger partial charge in [0.2, 0.25) is 0 Å². The van der Waals surface area contributed by atoms with Gasteiger partial charge in [0.25, 0.3) is 0 Å². The molecule has 5 heteroatoms. The van der Waals surface area contributed by atoms with E-state index in [0.717, 1.165) is 44.9 Å². The minimum Gasteiger partial charge on any atom is -0.390 e. The molecule has 1 spiro atoms. The Kier molecular flexibility index (Phi) is 5.47.